The molecular formula is C27H24ClN3O3. The molecule has 3 aromatic rings. The molecule has 2 N–H and O–H groups in total. The lowest BCUT2D eigenvalue weighted by atomic mass is 10.0. The number of hydrogen-bond acceptors (Lipinski definition) is 3. The molecule has 0 unspecified atom stereocenters. The molecule has 7 heteroatoms. The number of anilines is 3. The molecule has 0 saturated heterocycles. The number of carbonyl (C=O) groups excluding carboxylic acids is 3. The lowest BCUT2D eigenvalue weighted by molar-refractivity contribution is -0.124. The van der Waals surface area contributed by atoms with Crippen molar-refractivity contribution in [1.29, 1.82) is 0 Å². The molecule has 34 heavy (non-hydrogen) atoms. The van der Waals surface area contributed by atoms with Crippen molar-refractivity contribution < 1.29 is 14.4 Å². The van der Waals surface area contributed by atoms with Crippen molar-refractivity contribution >= 4 is 52.5 Å². The lowest BCUT2D eigenvalue weighted by Crippen LogP contribution is -2.52. The van der Waals surface area contributed by atoms with Crippen LogP contribution in [0.15, 0.2) is 72.8 Å². The van der Waals surface area contributed by atoms with E-state index in [9.17, 15) is 14.4 Å². The van der Waals surface area contributed by atoms with E-state index in [0.717, 1.165) is 11.1 Å². The number of halogens is 1. The Labute approximate surface area is 203 Å². The summed E-state index contributed by atoms with van der Waals surface area (Å²) in [6.07, 6.45) is 2.77. The Morgan fingerprint density at radius 2 is 1.76 bits per heavy atom. The van der Waals surface area contributed by atoms with E-state index in [1.807, 2.05) is 38.1 Å². The fourth-order valence-corrected chi connectivity index (χ4v) is 4.00. The molecule has 4 rings (SSSR count). The van der Waals surface area contributed by atoms with E-state index in [4.69, 9.17) is 11.6 Å². The van der Waals surface area contributed by atoms with Gasteiger partial charge in [0.1, 0.15) is 6.04 Å². The van der Waals surface area contributed by atoms with Crippen LogP contribution in [0.3, 0.4) is 0 Å². The van der Waals surface area contributed by atoms with Gasteiger partial charge in [0.25, 0.3) is 5.91 Å². The second-order valence-electron chi connectivity index (χ2n) is 8.14. The van der Waals surface area contributed by atoms with Gasteiger partial charge in [-0.1, -0.05) is 48.0 Å². The van der Waals surface area contributed by atoms with Gasteiger partial charge in [0.2, 0.25) is 11.8 Å². The quantitative estimate of drug-likeness (QED) is 0.490. The number of aryl methyl sites for hydroxylation is 2. The number of carbonyl (C=O) groups is 3. The van der Waals surface area contributed by atoms with Gasteiger partial charge >= 0.3 is 0 Å². The Hall–Kier alpha value is -3.90. The van der Waals surface area contributed by atoms with Crippen LogP contribution >= 0.6 is 11.6 Å². The maximum atomic E-state index is 13.3. The molecule has 0 fully saturated rings. The Kier molecular flexibility index (Phi) is 6.80. The number of amides is 3. The van der Waals surface area contributed by atoms with Crippen LogP contribution in [-0.2, 0) is 14.4 Å². The Morgan fingerprint density at radius 3 is 2.53 bits per heavy atom. The van der Waals surface area contributed by atoms with E-state index in [-0.39, 0.29) is 12.3 Å². The van der Waals surface area contributed by atoms with Crippen LogP contribution in [-0.4, -0.2) is 23.8 Å². The van der Waals surface area contributed by atoms with Crippen LogP contribution in [0.1, 0.15) is 23.1 Å². The average Bonchev–Trinajstić information content (AvgIpc) is 2.81. The van der Waals surface area contributed by atoms with Crippen molar-refractivity contribution in [3.63, 3.8) is 0 Å². The normalized spacial score (nSPS) is 15.1. The minimum absolute atomic E-state index is 0.196. The smallest absolute Gasteiger partial charge is 0.251 e. The van der Waals surface area contributed by atoms with Crippen molar-refractivity contribution in [3.8, 4) is 0 Å². The van der Waals surface area contributed by atoms with Gasteiger partial charge in [-0.2, -0.15) is 0 Å². The fraction of sp³-hybridized carbons (Fsp3) is 0.148. The molecule has 0 saturated carbocycles. The summed E-state index contributed by atoms with van der Waals surface area (Å²) in [7, 11) is 0. The van der Waals surface area contributed by atoms with Gasteiger partial charge in [0, 0.05) is 16.8 Å². The minimum Gasteiger partial charge on any atom is -0.326 e. The SMILES string of the molecule is Cc1ccc(NC(=O)C[C@@H]2C(=O)Nc3ccccc3N2C(=O)/C=C/c2ccccc2Cl)cc1C. The van der Waals surface area contributed by atoms with E-state index in [0.29, 0.717) is 27.6 Å². The highest BCUT2D eigenvalue weighted by Gasteiger charge is 2.37. The summed E-state index contributed by atoms with van der Waals surface area (Å²) in [6, 6.07) is 18.7. The molecule has 1 heterocycles. The summed E-state index contributed by atoms with van der Waals surface area (Å²) >= 11 is 6.20. The Bertz CT molecular complexity index is 1300. The molecule has 1 atom stereocenters. The highest BCUT2D eigenvalue weighted by molar-refractivity contribution is 6.32. The van der Waals surface area contributed by atoms with Crippen molar-refractivity contribution in [1.82, 2.24) is 0 Å². The number of benzene rings is 3. The number of rotatable bonds is 5. The maximum absolute atomic E-state index is 13.3. The van der Waals surface area contributed by atoms with Crippen LogP contribution in [0.5, 0.6) is 0 Å². The molecule has 0 spiro atoms. The van der Waals surface area contributed by atoms with Gasteiger partial charge in [-0.25, -0.2) is 0 Å². The summed E-state index contributed by atoms with van der Waals surface area (Å²) in [5.74, 6) is -1.21. The molecule has 6 nitrogen and oxygen atoms in total. The zero-order valence-corrected chi connectivity index (χ0v) is 19.6. The van der Waals surface area contributed by atoms with Crippen LogP contribution in [0, 0.1) is 13.8 Å². The summed E-state index contributed by atoms with van der Waals surface area (Å²) < 4.78 is 0. The summed E-state index contributed by atoms with van der Waals surface area (Å²) in [4.78, 5) is 40.5. The zero-order valence-electron chi connectivity index (χ0n) is 18.8. The van der Waals surface area contributed by atoms with E-state index in [1.165, 1.54) is 11.0 Å². The zero-order chi connectivity index (χ0) is 24.2. The highest BCUT2D eigenvalue weighted by Crippen LogP contribution is 2.33. The number of nitrogens with one attached hydrogen (secondary N) is 2. The minimum atomic E-state index is -1.01. The van der Waals surface area contributed by atoms with E-state index >= 15 is 0 Å². The van der Waals surface area contributed by atoms with Gasteiger partial charge in [-0.3, -0.25) is 19.3 Å². The third kappa shape index (κ3) is 5.02. The second kappa shape index (κ2) is 9.93. The number of fused-ring (bicyclic) bond motifs is 1. The highest BCUT2D eigenvalue weighted by atomic mass is 35.5. The average molecular weight is 474 g/mol. The maximum Gasteiger partial charge on any atom is 0.251 e. The van der Waals surface area contributed by atoms with Gasteiger partial charge < -0.3 is 10.6 Å². The van der Waals surface area contributed by atoms with Crippen molar-refractivity contribution in [2.75, 3.05) is 15.5 Å². The molecular weight excluding hydrogens is 450 g/mol. The molecule has 1 aliphatic rings. The predicted molar refractivity (Wildman–Crippen MR) is 136 cm³/mol. The van der Waals surface area contributed by atoms with E-state index in [2.05, 4.69) is 10.6 Å². The third-order valence-corrected chi connectivity index (χ3v) is 6.10. The number of para-hydroxylation sites is 2. The standard InChI is InChI=1S/C27H24ClN3O3/c1-17-11-13-20(15-18(17)2)29-25(32)16-24-27(34)30-22-9-5-6-10-23(22)31(24)26(33)14-12-19-7-3-4-8-21(19)28/h3-15,24H,16H2,1-2H3,(H,29,32)(H,30,34)/b14-12+/t24-/m1/s1. The molecule has 0 aliphatic carbocycles. The summed E-state index contributed by atoms with van der Waals surface area (Å²) in [6.45, 7) is 3.95. The molecule has 0 radical (unpaired) electrons. The second-order valence-corrected chi connectivity index (χ2v) is 8.54. The van der Waals surface area contributed by atoms with Crippen molar-refractivity contribution in [3.05, 3.63) is 94.5 Å². The van der Waals surface area contributed by atoms with Gasteiger partial charge in [0.05, 0.1) is 17.8 Å². The van der Waals surface area contributed by atoms with Crippen LogP contribution in [0.25, 0.3) is 6.08 Å². The first-order valence-electron chi connectivity index (χ1n) is 10.9. The molecule has 0 bridgehead atoms. The molecule has 3 amide bonds. The number of nitrogens with zero attached hydrogens (tertiary/aromatic N) is 1. The molecule has 172 valence electrons. The Morgan fingerprint density at radius 1 is 1.03 bits per heavy atom. The summed E-state index contributed by atoms with van der Waals surface area (Å²) in [5, 5.41) is 6.15. The lowest BCUT2D eigenvalue weighted by Gasteiger charge is -2.35. The monoisotopic (exact) mass is 473 g/mol. The van der Waals surface area contributed by atoms with Crippen LogP contribution < -0.4 is 15.5 Å². The summed E-state index contributed by atoms with van der Waals surface area (Å²) in [5.41, 5.74) is 4.52. The van der Waals surface area contributed by atoms with E-state index < -0.39 is 17.9 Å². The fourth-order valence-electron chi connectivity index (χ4n) is 3.81. The topological polar surface area (TPSA) is 78.5 Å². The van der Waals surface area contributed by atoms with Gasteiger partial charge in [0.15, 0.2) is 0 Å². The predicted octanol–water partition coefficient (Wildman–Crippen LogP) is 5.35. The van der Waals surface area contributed by atoms with Crippen molar-refractivity contribution in [2.45, 2.75) is 26.3 Å². The van der Waals surface area contributed by atoms with Crippen molar-refractivity contribution in [2.24, 2.45) is 0 Å². The molecule has 0 aromatic heterocycles. The number of hydrogen-bond donors (Lipinski definition) is 2. The van der Waals surface area contributed by atoms with Gasteiger partial charge in [-0.15, -0.1) is 0 Å². The molecule has 1 aliphatic heterocycles. The largest absolute Gasteiger partial charge is 0.326 e. The first-order chi connectivity index (χ1) is 16.3. The van der Waals surface area contributed by atoms with E-state index in [1.54, 1.807) is 48.5 Å². The van der Waals surface area contributed by atoms with Gasteiger partial charge in [-0.05, 0) is 66.9 Å². The van der Waals surface area contributed by atoms with Crippen LogP contribution in [0.4, 0.5) is 17.1 Å². The first kappa shape index (κ1) is 23.3. The molecule has 3 aromatic carbocycles. The first-order valence-corrected chi connectivity index (χ1v) is 11.2. The third-order valence-electron chi connectivity index (χ3n) is 5.75. The Balaban J connectivity index is 1.61. The van der Waals surface area contributed by atoms with Crippen LogP contribution in [0.2, 0.25) is 5.02 Å².